The van der Waals surface area contributed by atoms with Gasteiger partial charge in [-0.2, -0.15) is 4.31 Å². The number of rotatable bonds is 5. The molecule has 2 saturated heterocycles. The fraction of sp³-hybridized carbons (Fsp3) is 0.579. The molecule has 1 aromatic rings. The normalized spacial score (nSPS) is 19.9. The van der Waals surface area contributed by atoms with Crippen molar-refractivity contribution in [1.82, 2.24) is 9.21 Å². The zero-order valence-electron chi connectivity index (χ0n) is 16.1. The van der Waals surface area contributed by atoms with Crippen LogP contribution < -0.4 is 0 Å². The topological polar surface area (TPSA) is 84.0 Å². The molecule has 0 bridgehead atoms. The average Bonchev–Trinajstić information content (AvgIpc) is 3.24. The Hall–Kier alpha value is -2.07. The van der Waals surface area contributed by atoms with Crippen LogP contribution in [-0.4, -0.2) is 61.8 Å². The Bertz CT molecular complexity index is 879. The molecule has 1 unspecified atom stereocenters. The van der Waals surface area contributed by atoms with Gasteiger partial charge in [0.1, 0.15) is 16.5 Å². The van der Waals surface area contributed by atoms with E-state index in [0.29, 0.717) is 19.2 Å². The second-order valence-electron chi connectivity index (χ2n) is 7.36. The van der Waals surface area contributed by atoms with Crippen LogP contribution in [0.25, 0.3) is 0 Å². The number of sulfonamides is 1. The Kier molecular flexibility index (Phi) is 6.52. The highest BCUT2D eigenvalue weighted by Gasteiger charge is 2.35. The Balaban J connectivity index is 1.57. The lowest BCUT2D eigenvalue weighted by molar-refractivity contribution is -0.163. The third-order valence-electron chi connectivity index (χ3n) is 5.36. The summed E-state index contributed by atoms with van der Waals surface area (Å²) < 4.78 is 58.8. The molecule has 2 heterocycles. The Morgan fingerprint density at radius 2 is 1.72 bits per heavy atom. The molecule has 0 saturated carbocycles. The van der Waals surface area contributed by atoms with E-state index < -0.39 is 44.5 Å². The predicted molar refractivity (Wildman–Crippen MR) is 99.2 cm³/mol. The van der Waals surface area contributed by atoms with E-state index in [4.69, 9.17) is 4.74 Å². The maximum atomic E-state index is 13.9. The molecule has 1 amide bonds. The molecule has 0 radical (unpaired) electrons. The van der Waals surface area contributed by atoms with Gasteiger partial charge in [-0.25, -0.2) is 17.2 Å². The number of carbonyl (C=O) groups is 2. The highest BCUT2D eigenvalue weighted by molar-refractivity contribution is 7.89. The fourth-order valence-electron chi connectivity index (χ4n) is 3.66. The lowest BCUT2D eigenvalue weighted by Gasteiger charge is -2.31. The first-order valence-electron chi connectivity index (χ1n) is 9.64. The number of carbonyl (C=O) groups excluding carboxylic acids is 2. The summed E-state index contributed by atoms with van der Waals surface area (Å²) in [6.45, 7) is 2.81. The van der Waals surface area contributed by atoms with Crippen LogP contribution in [0.1, 0.15) is 32.6 Å². The van der Waals surface area contributed by atoms with E-state index >= 15 is 0 Å². The predicted octanol–water partition coefficient (Wildman–Crippen LogP) is 1.92. The van der Waals surface area contributed by atoms with Crippen LogP contribution in [0.3, 0.4) is 0 Å². The maximum absolute atomic E-state index is 13.9. The van der Waals surface area contributed by atoms with Crippen molar-refractivity contribution in [2.24, 2.45) is 5.92 Å². The van der Waals surface area contributed by atoms with E-state index in [1.807, 2.05) is 0 Å². The molecule has 1 atom stereocenters. The van der Waals surface area contributed by atoms with E-state index in [1.165, 1.54) is 6.92 Å². The summed E-state index contributed by atoms with van der Waals surface area (Å²) in [4.78, 5) is 25.6. The van der Waals surface area contributed by atoms with E-state index in [-0.39, 0.29) is 31.8 Å². The summed E-state index contributed by atoms with van der Waals surface area (Å²) >= 11 is 0. The SMILES string of the molecule is CC(OC(=O)C1CCN(S(=O)(=O)c2cc(F)ccc2F)CC1)C(=O)N1CCCC1. The molecule has 0 spiro atoms. The zero-order chi connectivity index (χ0) is 21.2. The maximum Gasteiger partial charge on any atom is 0.309 e. The molecule has 29 heavy (non-hydrogen) atoms. The van der Waals surface area contributed by atoms with E-state index in [1.54, 1.807) is 4.90 Å². The van der Waals surface area contributed by atoms with Crippen LogP contribution in [0.2, 0.25) is 0 Å². The Morgan fingerprint density at radius 1 is 1.10 bits per heavy atom. The Labute approximate surface area is 168 Å². The first-order chi connectivity index (χ1) is 13.7. The lowest BCUT2D eigenvalue weighted by Crippen LogP contribution is -2.43. The number of benzene rings is 1. The lowest BCUT2D eigenvalue weighted by atomic mass is 9.98. The minimum absolute atomic E-state index is 0.0213. The number of esters is 1. The van der Waals surface area contributed by atoms with Crippen molar-refractivity contribution in [3.63, 3.8) is 0 Å². The second-order valence-corrected chi connectivity index (χ2v) is 9.27. The standard InChI is InChI=1S/C19H24F2N2O5S/c1-13(18(24)22-8-2-3-9-22)28-19(25)14-6-10-23(11-7-14)29(26,27)17-12-15(20)4-5-16(17)21/h4-5,12-14H,2-3,6-11H2,1H3. The molecule has 0 aromatic heterocycles. The number of hydrogen-bond donors (Lipinski definition) is 0. The van der Waals surface area contributed by atoms with Gasteiger partial charge in [0.15, 0.2) is 6.10 Å². The quantitative estimate of drug-likeness (QED) is 0.667. The van der Waals surface area contributed by atoms with Crippen LogP contribution in [0.5, 0.6) is 0 Å². The summed E-state index contributed by atoms with van der Waals surface area (Å²) in [5, 5.41) is 0. The van der Waals surface area contributed by atoms with Gasteiger partial charge in [0.25, 0.3) is 5.91 Å². The van der Waals surface area contributed by atoms with Gasteiger partial charge >= 0.3 is 5.97 Å². The van der Waals surface area contributed by atoms with Gasteiger partial charge < -0.3 is 9.64 Å². The molecule has 7 nitrogen and oxygen atoms in total. The molecule has 0 aliphatic carbocycles. The van der Waals surface area contributed by atoms with Gasteiger partial charge in [0.05, 0.1) is 5.92 Å². The molecule has 2 aliphatic heterocycles. The van der Waals surface area contributed by atoms with Gasteiger partial charge in [0, 0.05) is 26.2 Å². The zero-order valence-corrected chi connectivity index (χ0v) is 17.0. The molecule has 10 heteroatoms. The molecule has 3 rings (SSSR count). The number of ether oxygens (including phenoxy) is 1. The molecule has 2 fully saturated rings. The van der Waals surface area contributed by atoms with Gasteiger partial charge in [-0.15, -0.1) is 0 Å². The monoisotopic (exact) mass is 430 g/mol. The molecule has 2 aliphatic rings. The van der Waals surface area contributed by atoms with E-state index in [0.717, 1.165) is 29.3 Å². The van der Waals surface area contributed by atoms with E-state index in [9.17, 15) is 26.8 Å². The largest absolute Gasteiger partial charge is 0.452 e. The van der Waals surface area contributed by atoms with Crippen LogP contribution in [0.15, 0.2) is 23.1 Å². The van der Waals surface area contributed by atoms with Crippen molar-refractivity contribution < 1.29 is 31.5 Å². The van der Waals surface area contributed by atoms with Gasteiger partial charge in [0.2, 0.25) is 10.0 Å². The minimum atomic E-state index is -4.21. The second kappa shape index (κ2) is 8.74. The smallest absolute Gasteiger partial charge is 0.309 e. The molecule has 160 valence electrons. The van der Waals surface area contributed by atoms with E-state index in [2.05, 4.69) is 0 Å². The van der Waals surface area contributed by atoms with Crippen molar-refractivity contribution in [1.29, 1.82) is 0 Å². The van der Waals surface area contributed by atoms with Crippen molar-refractivity contribution in [3.05, 3.63) is 29.8 Å². The van der Waals surface area contributed by atoms with Crippen LogP contribution in [0, 0.1) is 17.6 Å². The number of halogens is 2. The number of piperidine rings is 1. The van der Waals surface area contributed by atoms with Gasteiger partial charge in [-0.3, -0.25) is 9.59 Å². The summed E-state index contributed by atoms with van der Waals surface area (Å²) in [6.07, 6.45) is 1.35. The first kappa shape index (κ1) is 21.6. The molecule has 0 N–H and O–H groups in total. The molecule has 1 aromatic carbocycles. The summed E-state index contributed by atoms with van der Waals surface area (Å²) in [5.41, 5.74) is 0. The number of likely N-dealkylation sites (tertiary alicyclic amines) is 1. The van der Waals surface area contributed by atoms with Crippen molar-refractivity contribution >= 4 is 21.9 Å². The fourth-order valence-corrected chi connectivity index (χ4v) is 5.21. The first-order valence-corrected chi connectivity index (χ1v) is 11.1. The third-order valence-corrected chi connectivity index (χ3v) is 7.27. The van der Waals surface area contributed by atoms with Crippen LogP contribution in [0.4, 0.5) is 8.78 Å². The summed E-state index contributed by atoms with van der Waals surface area (Å²) in [6, 6.07) is 2.27. The van der Waals surface area contributed by atoms with Crippen LogP contribution in [-0.2, 0) is 24.3 Å². The van der Waals surface area contributed by atoms with Crippen molar-refractivity contribution in [2.45, 2.75) is 43.6 Å². The molecular weight excluding hydrogens is 406 g/mol. The third kappa shape index (κ3) is 4.75. The summed E-state index contributed by atoms with van der Waals surface area (Å²) in [7, 11) is -4.21. The highest BCUT2D eigenvalue weighted by atomic mass is 32.2. The number of nitrogens with zero attached hydrogens (tertiary/aromatic N) is 2. The van der Waals surface area contributed by atoms with Crippen LogP contribution >= 0.6 is 0 Å². The minimum Gasteiger partial charge on any atom is -0.452 e. The Morgan fingerprint density at radius 3 is 2.34 bits per heavy atom. The highest BCUT2D eigenvalue weighted by Crippen LogP contribution is 2.27. The number of amides is 1. The van der Waals surface area contributed by atoms with Gasteiger partial charge in [-0.1, -0.05) is 0 Å². The van der Waals surface area contributed by atoms with Crippen molar-refractivity contribution in [3.8, 4) is 0 Å². The summed E-state index contributed by atoms with van der Waals surface area (Å²) in [5.74, 6) is -3.19. The molecular formula is C19H24F2N2O5S. The average molecular weight is 430 g/mol. The number of hydrogen-bond acceptors (Lipinski definition) is 5. The van der Waals surface area contributed by atoms with Crippen molar-refractivity contribution in [2.75, 3.05) is 26.2 Å². The van der Waals surface area contributed by atoms with Gasteiger partial charge in [-0.05, 0) is 50.8 Å².